The van der Waals surface area contributed by atoms with Crippen LogP contribution in [0, 0.1) is 11.8 Å². The molecule has 0 aromatic carbocycles. The molecule has 28 heavy (non-hydrogen) atoms. The molecule has 0 aliphatic rings. The van der Waals surface area contributed by atoms with E-state index in [-0.39, 0.29) is 17.7 Å². The van der Waals surface area contributed by atoms with Gasteiger partial charge in [-0.2, -0.15) is 0 Å². The number of carboxylic acids is 1. The third kappa shape index (κ3) is 12.5. The maximum atomic E-state index is 12.5. The van der Waals surface area contributed by atoms with Crippen molar-refractivity contribution in [3.05, 3.63) is 12.7 Å². The van der Waals surface area contributed by atoms with E-state index in [1.807, 2.05) is 19.9 Å². The Hall–Kier alpha value is -1.85. The Kier molecular flexibility index (Phi) is 14.1. The van der Waals surface area contributed by atoms with Crippen molar-refractivity contribution < 1.29 is 19.5 Å². The van der Waals surface area contributed by atoms with E-state index in [1.165, 1.54) is 19.3 Å². The number of unbranched alkanes of at least 4 members (excludes halogenated alkanes) is 6. The van der Waals surface area contributed by atoms with Crippen molar-refractivity contribution in [1.82, 2.24) is 10.6 Å². The van der Waals surface area contributed by atoms with Crippen LogP contribution in [0.25, 0.3) is 0 Å². The largest absolute Gasteiger partial charge is 0.480 e. The molecule has 162 valence electrons. The summed E-state index contributed by atoms with van der Waals surface area (Å²) in [6.45, 7) is 11.1. The summed E-state index contributed by atoms with van der Waals surface area (Å²) in [6.07, 6.45) is 10.3. The summed E-state index contributed by atoms with van der Waals surface area (Å²) >= 11 is 0. The lowest BCUT2D eigenvalue weighted by Crippen LogP contribution is -2.53. The van der Waals surface area contributed by atoms with Gasteiger partial charge < -0.3 is 15.7 Å². The monoisotopic (exact) mass is 396 g/mol. The predicted octanol–water partition coefficient (Wildman–Crippen LogP) is 4.05. The van der Waals surface area contributed by atoms with Crippen LogP contribution in [-0.4, -0.2) is 35.0 Å². The van der Waals surface area contributed by atoms with E-state index in [9.17, 15) is 19.5 Å². The van der Waals surface area contributed by atoms with Gasteiger partial charge in [-0.05, 0) is 37.5 Å². The molecule has 0 spiro atoms. The highest BCUT2D eigenvalue weighted by molar-refractivity contribution is 5.90. The van der Waals surface area contributed by atoms with Gasteiger partial charge in [-0.1, -0.05) is 59.5 Å². The summed E-state index contributed by atoms with van der Waals surface area (Å²) in [7, 11) is 0. The minimum absolute atomic E-state index is 0.149. The smallest absolute Gasteiger partial charge is 0.326 e. The fourth-order valence-corrected chi connectivity index (χ4v) is 3.02. The first-order valence-electron chi connectivity index (χ1n) is 10.6. The Labute approximate surface area is 170 Å². The van der Waals surface area contributed by atoms with E-state index < -0.39 is 24.0 Å². The van der Waals surface area contributed by atoms with Gasteiger partial charge in [0, 0.05) is 6.42 Å². The lowest BCUT2D eigenvalue weighted by Gasteiger charge is -2.24. The summed E-state index contributed by atoms with van der Waals surface area (Å²) in [5.74, 6) is -1.67. The molecule has 0 aromatic heterocycles. The van der Waals surface area contributed by atoms with Crippen LogP contribution in [0.2, 0.25) is 0 Å². The van der Waals surface area contributed by atoms with Crippen molar-refractivity contribution in [2.24, 2.45) is 11.8 Å². The second-order valence-electron chi connectivity index (χ2n) is 8.27. The quantitative estimate of drug-likeness (QED) is 0.271. The Morgan fingerprint density at radius 2 is 1.50 bits per heavy atom. The Morgan fingerprint density at radius 1 is 0.929 bits per heavy atom. The van der Waals surface area contributed by atoms with E-state index >= 15 is 0 Å². The molecule has 0 saturated heterocycles. The molecule has 0 saturated carbocycles. The van der Waals surface area contributed by atoms with Crippen LogP contribution < -0.4 is 10.6 Å². The van der Waals surface area contributed by atoms with Crippen molar-refractivity contribution in [2.75, 3.05) is 0 Å². The predicted molar refractivity (Wildman–Crippen MR) is 113 cm³/mol. The van der Waals surface area contributed by atoms with Crippen molar-refractivity contribution >= 4 is 17.8 Å². The fraction of sp³-hybridized carbons (Fsp3) is 0.773. The van der Waals surface area contributed by atoms with E-state index in [1.54, 1.807) is 13.8 Å². The number of rotatable bonds is 16. The standard InChI is InChI=1S/C22H40N2O4/c1-6-7-8-9-10-11-12-13-14-19(25)23-18(15-16(2)3)21(26)24-20(17(4)5)22(27)28/h6,16-18,20H,1,7-15H2,2-5H3,(H,23,25)(H,24,26)(H,27,28)/t18-,20-/m0/s1. The van der Waals surface area contributed by atoms with Gasteiger partial charge in [-0.15, -0.1) is 6.58 Å². The molecule has 6 heteroatoms. The molecule has 0 rings (SSSR count). The number of allylic oxidation sites excluding steroid dienone is 1. The summed E-state index contributed by atoms with van der Waals surface area (Å²) < 4.78 is 0. The zero-order valence-electron chi connectivity index (χ0n) is 18.1. The van der Waals surface area contributed by atoms with E-state index in [2.05, 4.69) is 17.2 Å². The van der Waals surface area contributed by atoms with Gasteiger partial charge in [0.1, 0.15) is 12.1 Å². The lowest BCUT2D eigenvalue weighted by molar-refractivity contribution is -0.143. The first-order chi connectivity index (χ1) is 13.2. The molecule has 0 aromatic rings. The molecule has 0 aliphatic heterocycles. The van der Waals surface area contributed by atoms with Crippen LogP contribution in [-0.2, 0) is 14.4 Å². The average Bonchev–Trinajstić information content (AvgIpc) is 2.60. The second kappa shape index (κ2) is 15.1. The van der Waals surface area contributed by atoms with Gasteiger partial charge >= 0.3 is 5.97 Å². The topological polar surface area (TPSA) is 95.5 Å². The van der Waals surface area contributed by atoms with Crippen molar-refractivity contribution in [3.8, 4) is 0 Å². The van der Waals surface area contributed by atoms with Gasteiger partial charge in [0.2, 0.25) is 11.8 Å². The Balaban J connectivity index is 4.42. The van der Waals surface area contributed by atoms with E-state index in [0.717, 1.165) is 25.7 Å². The van der Waals surface area contributed by atoms with Crippen LogP contribution in [0.15, 0.2) is 12.7 Å². The van der Waals surface area contributed by atoms with E-state index in [0.29, 0.717) is 12.8 Å². The van der Waals surface area contributed by atoms with E-state index in [4.69, 9.17) is 0 Å². The highest BCUT2D eigenvalue weighted by atomic mass is 16.4. The first-order valence-corrected chi connectivity index (χ1v) is 10.6. The third-order valence-corrected chi connectivity index (χ3v) is 4.65. The van der Waals surface area contributed by atoms with Gasteiger partial charge in [0.25, 0.3) is 0 Å². The zero-order valence-corrected chi connectivity index (χ0v) is 18.1. The minimum Gasteiger partial charge on any atom is -0.480 e. The molecule has 0 unspecified atom stereocenters. The maximum absolute atomic E-state index is 12.5. The normalized spacial score (nSPS) is 13.2. The first kappa shape index (κ1) is 26.1. The fourth-order valence-electron chi connectivity index (χ4n) is 3.02. The molecule has 0 radical (unpaired) electrons. The highest BCUT2D eigenvalue weighted by Crippen LogP contribution is 2.11. The van der Waals surface area contributed by atoms with Crippen molar-refractivity contribution in [2.45, 2.75) is 97.6 Å². The molecular formula is C22H40N2O4. The molecular weight excluding hydrogens is 356 g/mol. The number of carboxylic acid groups (broad SMARTS) is 1. The van der Waals surface area contributed by atoms with Gasteiger partial charge in [-0.3, -0.25) is 9.59 Å². The minimum atomic E-state index is -1.06. The number of aliphatic carboxylic acids is 1. The Bertz CT molecular complexity index is 489. The van der Waals surface area contributed by atoms with Crippen molar-refractivity contribution in [3.63, 3.8) is 0 Å². The summed E-state index contributed by atoms with van der Waals surface area (Å²) in [4.78, 5) is 36.1. The number of hydrogen-bond donors (Lipinski definition) is 3. The zero-order chi connectivity index (χ0) is 21.5. The van der Waals surface area contributed by atoms with Crippen LogP contribution in [0.3, 0.4) is 0 Å². The molecule has 0 heterocycles. The average molecular weight is 397 g/mol. The highest BCUT2D eigenvalue weighted by Gasteiger charge is 2.28. The number of carbonyl (C=O) groups excluding carboxylic acids is 2. The second-order valence-corrected chi connectivity index (χ2v) is 8.27. The van der Waals surface area contributed by atoms with Crippen LogP contribution in [0.5, 0.6) is 0 Å². The molecule has 2 atom stereocenters. The third-order valence-electron chi connectivity index (χ3n) is 4.65. The van der Waals surface area contributed by atoms with Crippen LogP contribution in [0.1, 0.15) is 85.5 Å². The number of nitrogens with one attached hydrogen (secondary N) is 2. The number of carbonyl (C=O) groups is 3. The molecule has 3 N–H and O–H groups in total. The summed E-state index contributed by atoms with van der Waals surface area (Å²) in [6, 6.07) is -1.66. The summed E-state index contributed by atoms with van der Waals surface area (Å²) in [5.41, 5.74) is 0. The maximum Gasteiger partial charge on any atom is 0.326 e. The van der Waals surface area contributed by atoms with Gasteiger partial charge in [-0.25, -0.2) is 4.79 Å². The SMILES string of the molecule is C=CCCCCCCCCC(=O)N[C@@H](CC(C)C)C(=O)N[C@H](C(=O)O)C(C)C. The Morgan fingerprint density at radius 3 is 2.00 bits per heavy atom. The molecule has 0 fully saturated rings. The lowest BCUT2D eigenvalue weighted by atomic mass is 10.00. The molecule has 0 aliphatic carbocycles. The van der Waals surface area contributed by atoms with Crippen LogP contribution >= 0.6 is 0 Å². The number of hydrogen-bond acceptors (Lipinski definition) is 3. The van der Waals surface area contributed by atoms with Crippen LogP contribution in [0.4, 0.5) is 0 Å². The van der Waals surface area contributed by atoms with Gasteiger partial charge in [0.15, 0.2) is 0 Å². The summed E-state index contributed by atoms with van der Waals surface area (Å²) in [5, 5.41) is 14.6. The molecule has 0 bridgehead atoms. The number of amides is 2. The molecule has 2 amide bonds. The van der Waals surface area contributed by atoms with Gasteiger partial charge in [0.05, 0.1) is 0 Å². The van der Waals surface area contributed by atoms with Crippen molar-refractivity contribution in [1.29, 1.82) is 0 Å². The molecule has 6 nitrogen and oxygen atoms in total.